The molecule has 0 saturated heterocycles. The number of rotatable bonds is 3. The molecular weight excluding hydrogens is 368 g/mol. The summed E-state index contributed by atoms with van der Waals surface area (Å²) >= 11 is 3.20. The number of halogens is 1. The second-order valence-corrected chi connectivity index (χ2v) is 6.42. The monoisotopic (exact) mass is 382 g/mol. The Morgan fingerprint density at radius 1 is 1.17 bits per heavy atom. The number of furan rings is 1. The average Bonchev–Trinajstić information content (AvgIpc) is 3.17. The molecule has 0 aliphatic carbocycles. The highest BCUT2D eigenvalue weighted by Gasteiger charge is 2.12. The number of fused-ring (bicyclic) bond motifs is 3. The largest absolute Gasteiger partial charge is 0.444 e. The summed E-state index contributed by atoms with van der Waals surface area (Å²) in [5, 5.41) is 5.22. The van der Waals surface area contributed by atoms with Gasteiger partial charge in [0.05, 0.1) is 0 Å². The molecule has 2 aromatic carbocycles. The zero-order valence-electron chi connectivity index (χ0n) is 13.0. The van der Waals surface area contributed by atoms with Crippen LogP contribution in [0.2, 0.25) is 0 Å². The first-order valence-corrected chi connectivity index (χ1v) is 8.55. The van der Waals surface area contributed by atoms with Crippen LogP contribution in [-0.2, 0) is 6.42 Å². The van der Waals surface area contributed by atoms with Crippen molar-refractivity contribution in [2.24, 2.45) is 0 Å². The first-order chi connectivity index (χ1) is 11.7. The summed E-state index contributed by atoms with van der Waals surface area (Å²) < 4.78 is 5.81. The van der Waals surface area contributed by atoms with Crippen molar-refractivity contribution < 1.29 is 9.21 Å². The molecule has 1 amide bonds. The van der Waals surface area contributed by atoms with E-state index in [1.54, 1.807) is 12.1 Å². The lowest BCUT2D eigenvalue weighted by molar-refractivity contribution is 0.0995. The van der Waals surface area contributed by atoms with E-state index < -0.39 is 0 Å². The molecule has 0 aliphatic heterocycles. The Morgan fingerprint density at radius 2 is 2.04 bits per heavy atom. The molecule has 0 unspecified atom stereocenters. The summed E-state index contributed by atoms with van der Waals surface area (Å²) in [7, 11) is 0. The summed E-state index contributed by atoms with van der Waals surface area (Å²) in [6.45, 7) is 2.15. The standard InChI is InChI=1S/C19H15BrN2O2/c1-2-11-4-3-5-14-13-7-6-12(10-15(13)22-18(11)14)21-19(23)16-8-9-17(20)24-16/h3-10,22H,2H2,1H3,(H,21,23). The minimum atomic E-state index is -0.273. The molecule has 24 heavy (non-hydrogen) atoms. The van der Waals surface area contributed by atoms with Gasteiger partial charge in [-0.25, -0.2) is 0 Å². The molecule has 0 saturated carbocycles. The summed E-state index contributed by atoms with van der Waals surface area (Å²) in [6.07, 6.45) is 0.973. The Kier molecular flexibility index (Phi) is 3.65. The number of hydrogen-bond acceptors (Lipinski definition) is 2. The van der Waals surface area contributed by atoms with Crippen LogP contribution in [0.1, 0.15) is 23.0 Å². The average molecular weight is 383 g/mol. The molecule has 4 nitrogen and oxygen atoms in total. The van der Waals surface area contributed by atoms with Crippen LogP contribution in [0.25, 0.3) is 21.8 Å². The first-order valence-electron chi connectivity index (χ1n) is 7.75. The molecular formula is C19H15BrN2O2. The third kappa shape index (κ3) is 2.51. The molecule has 5 heteroatoms. The van der Waals surface area contributed by atoms with E-state index in [2.05, 4.69) is 51.4 Å². The van der Waals surface area contributed by atoms with Gasteiger partial charge in [0.1, 0.15) is 0 Å². The van der Waals surface area contributed by atoms with Gasteiger partial charge in [0.25, 0.3) is 5.91 Å². The van der Waals surface area contributed by atoms with E-state index >= 15 is 0 Å². The SMILES string of the molecule is CCc1cccc2c1[nH]c1cc(NC(=O)c3ccc(Br)o3)ccc12. The Labute approximate surface area is 147 Å². The van der Waals surface area contributed by atoms with Crippen molar-refractivity contribution in [3.63, 3.8) is 0 Å². The second kappa shape index (κ2) is 5.83. The summed E-state index contributed by atoms with van der Waals surface area (Å²) in [5.41, 5.74) is 4.18. The van der Waals surface area contributed by atoms with Crippen LogP contribution in [0.15, 0.2) is 57.6 Å². The Hall–Kier alpha value is -2.53. The number of amides is 1. The molecule has 2 heterocycles. The first kappa shape index (κ1) is 15.0. The number of H-pyrrole nitrogens is 1. The van der Waals surface area contributed by atoms with Crippen LogP contribution in [0.3, 0.4) is 0 Å². The highest BCUT2D eigenvalue weighted by atomic mass is 79.9. The van der Waals surface area contributed by atoms with E-state index in [4.69, 9.17) is 4.42 Å². The summed E-state index contributed by atoms with van der Waals surface area (Å²) in [6, 6.07) is 15.5. The van der Waals surface area contributed by atoms with Gasteiger partial charge in [-0.05, 0) is 52.2 Å². The van der Waals surface area contributed by atoms with E-state index in [0.717, 1.165) is 28.5 Å². The van der Waals surface area contributed by atoms with E-state index in [0.29, 0.717) is 4.67 Å². The number of aromatic amines is 1. The number of nitrogens with one attached hydrogen (secondary N) is 2. The van der Waals surface area contributed by atoms with Gasteiger partial charge in [0.15, 0.2) is 10.4 Å². The van der Waals surface area contributed by atoms with Crippen LogP contribution >= 0.6 is 15.9 Å². The fourth-order valence-electron chi connectivity index (χ4n) is 2.99. The smallest absolute Gasteiger partial charge is 0.291 e. The highest BCUT2D eigenvalue weighted by molar-refractivity contribution is 9.10. The predicted octanol–water partition coefficient (Wildman–Crippen LogP) is 5.49. The lowest BCUT2D eigenvalue weighted by Gasteiger charge is -2.03. The molecule has 2 aromatic heterocycles. The normalized spacial score (nSPS) is 11.2. The second-order valence-electron chi connectivity index (χ2n) is 5.64. The van der Waals surface area contributed by atoms with Crippen LogP contribution in [0.5, 0.6) is 0 Å². The van der Waals surface area contributed by atoms with Gasteiger partial charge in [-0.15, -0.1) is 0 Å². The molecule has 120 valence electrons. The topological polar surface area (TPSA) is 58.0 Å². The van der Waals surface area contributed by atoms with Gasteiger partial charge in [0, 0.05) is 27.5 Å². The number of para-hydroxylation sites is 1. The van der Waals surface area contributed by atoms with Crippen LogP contribution < -0.4 is 5.32 Å². The van der Waals surface area contributed by atoms with Gasteiger partial charge in [-0.1, -0.05) is 31.2 Å². The molecule has 0 bridgehead atoms. The van der Waals surface area contributed by atoms with Gasteiger partial charge >= 0.3 is 0 Å². The number of carbonyl (C=O) groups is 1. The van der Waals surface area contributed by atoms with Crippen molar-refractivity contribution in [1.29, 1.82) is 0 Å². The molecule has 0 radical (unpaired) electrons. The predicted molar refractivity (Wildman–Crippen MR) is 99.5 cm³/mol. The van der Waals surface area contributed by atoms with Crippen LogP contribution in [0, 0.1) is 0 Å². The number of aromatic nitrogens is 1. The fraction of sp³-hybridized carbons (Fsp3) is 0.105. The number of aryl methyl sites for hydroxylation is 1. The number of anilines is 1. The molecule has 0 fully saturated rings. The van der Waals surface area contributed by atoms with Crippen molar-refractivity contribution in [1.82, 2.24) is 4.98 Å². The van der Waals surface area contributed by atoms with Crippen molar-refractivity contribution in [2.45, 2.75) is 13.3 Å². The Bertz CT molecular complexity index is 1060. The maximum atomic E-state index is 12.2. The maximum absolute atomic E-state index is 12.2. The van der Waals surface area contributed by atoms with Crippen molar-refractivity contribution in [3.8, 4) is 0 Å². The van der Waals surface area contributed by atoms with Crippen molar-refractivity contribution >= 4 is 49.3 Å². The molecule has 4 rings (SSSR count). The minimum Gasteiger partial charge on any atom is -0.444 e. The summed E-state index contributed by atoms with van der Waals surface area (Å²) in [5.74, 6) is -0.00250. The molecule has 2 N–H and O–H groups in total. The Balaban J connectivity index is 1.73. The van der Waals surface area contributed by atoms with Gasteiger partial charge < -0.3 is 14.7 Å². The molecule has 0 atom stereocenters. The van der Waals surface area contributed by atoms with E-state index in [1.807, 2.05) is 18.2 Å². The van der Waals surface area contributed by atoms with Gasteiger partial charge in [-0.3, -0.25) is 4.79 Å². The third-order valence-corrected chi connectivity index (χ3v) is 4.58. The third-order valence-electron chi connectivity index (χ3n) is 4.16. The lowest BCUT2D eigenvalue weighted by Crippen LogP contribution is -2.10. The van der Waals surface area contributed by atoms with Crippen LogP contribution in [-0.4, -0.2) is 10.9 Å². The molecule has 4 aromatic rings. The van der Waals surface area contributed by atoms with E-state index in [-0.39, 0.29) is 11.7 Å². The quantitative estimate of drug-likeness (QED) is 0.491. The van der Waals surface area contributed by atoms with Gasteiger partial charge in [0.2, 0.25) is 0 Å². The zero-order chi connectivity index (χ0) is 16.7. The lowest BCUT2D eigenvalue weighted by atomic mass is 10.1. The van der Waals surface area contributed by atoms with Crippen LogP contribution in [0.4, 0.5) is 5.69 Å². The number of carbonyl (C=O) groups excluding carboxylic acids is 1. The highest BCUT2D eigenvalue weighted by Crippen LogP contribution is 2.30. The molecule has 0 spiro atoms. The number of benzene rings is 2. The van der Waals surface area contributed by atoms with Gasteiger partial charge in [-0.2, -0.15) is 0 Å². The van der Waals surface area contributed by atoms with E-state index in [9.17, 15) is 4.79 Å². The van der Waals surface area contributed by atoms with Crippen molar-refractivity contribution in [3.05, 3.63) is 64.5 Å². The fourth-order valence-corrected chi connectivity index (χ4v) is 3.30. The Morgan fingerprint density at radius 3 is 2.79 bits per heavy atom. The minimum absolute atomic E-state index is 0.270. The zero-order valence-corrected chi connectivity index (χ0v) is 14.6. The van der Waals surface area contributed by atoms with Crippen molar-refractivity contribution in [2.75, 3.05) is 5.32 Å². The molecule has 0 aliphatic rings. The summed E-state index contributed by atoms with van der Waals surface area (Å²) in [4.78, 5) is 15.7. The number of hydrogen-bond donors (Lipinski definition) is 2. The maximum Gasteiger partial charge on any atom is 0.291 e. The van der Waals surface area contributed by atoms with E-state index in [1.165, 1.54) is 10.9 Å².